The van der Waals surface area contributed by atoms with E-state index in [1.807, 2.05) is 38.8 Å². The summed E-state index contributed by atoms with van der Waals surface area (Å²) in [5, 5.41) is 3.16. The van der Waals surface area contributed by atoms with Gasteiger partial charge in [-0.2, -0.15) is 0 Å². The average molecular weight is 480 g/mol. The summed E-state index contributed by atoms with van der Waals surface area (Å²) in [5.41, 5.74) is 4.53. The van der Waals surface area contributed by atoms with Crippen LogP contribution >= 0.6 is 11.3 Å². The number of nitrogens with one attached hydrogen (secondary N) is 1. The van der Waals surface area contributed by atoms with E-state index in [2.05, 4.69) is 63.3 Å². The summed E-state index contributed by atoms with van der Waals surface area (Å²) < 4.78 is 13.1. The fourth-order valence-corrected chi connectivity index (χ4v) is 5.00. The molecule has 1 N–H and O–H groups in total. The van der Waals surface area contributed by atoms with E-state index < -0.39 is 20.0 Å². The third-order valence-corrected chi connectivity index (χ3v) is 11.1. The van der Waals surface area contributed by atoms with E-state index in [1.54, 1.807) is 11.3 Å². The molecule has 0 bridgehead atoms. The number of carbonyl (C=O) groups is 1. The molecule has 0 aliphatic carbocycles. The molecule has 1 atom stereocenters. The van der Waals surface area contributed by atoms with Crippen molar-refractivity contribution < 1.29 is 14.0 Å². The van der Waals surface area contributed by atoms with Gasteiger partial charge < -0.3 is 9.16 Å². The number of hydrazine groups is 1. The van der Waals surface area contributed by atoms with E-state index in [1.165, 1.54) is 0 Å². The highest BCUT2D eigenvalue weighted by atomic mass is 32.1. The third kappa shape index (κ3) is 8.14. The van der Waals surface area contributed by atoms with Crippen LogP contribution in [0.2, 0.25) is 18.1 Å². The Kier molecular flexibility index (Phi) is 8.53. The number of ether oxygens (including phenoxy) is 1. The maximum atomic E-state index is 12.5. The van der Waals surface area contributed by atoms with Gasteiger partial charge in [-0.3, -0.25) is 5.43 Å². The zero-order valence-electron chi connectivity index (χ0n) is 21.5. The Morgan fingerprint density at radius 3 is 2.47 bits per heavy atom. The normalized spacial score (nSPS) is 14.1. The summed E-state index contributed by atoms with van der Waals surface area (Å²) in [6.07, 6.45) is -0.440. The Hall–Kier alpha value is -1.48. The van der Waals surface area contributed by atoms with Crippen molar-refractivity contribution in [3.63, 3.8) is 0 Å². The first-order valence-corrected chi connectivity index (χ1v) is 15.0. The van der Waals surface area contributed by atoms with Gasteiger partial charge in [-0.15, -0.1) is 11.3 Å². The fraction of sp³-hybridized carbons (Fsp3) is 0.667. The minimum atomic E-state index is -1.82. The van der Waals surface area contributed by atoms with Crippen LogP contribution in [0.4, 0.5) is 4.79 Å². The lowest BCUT2D eigenvalue weighted by atomic mass is 10.1. The molecule has 2 rings (SSSR count). The molecule has 0 aliphatic rings. The molecular formula is C24H41N3O3SSi. The molecule has 0 fully saturated rings. The van der Waals surface area contributed by atoms with Gasteiger partial charge in [0.1, 0.15) is 5.60 Å². The molecular weight excluding hydrogens is 438 g/mol. The monoisotopic (exact) mass is 479 g/mol. The van der Waals surface area contributed by atoms with Crippen LogP contribution < -0.4 is 5.43 Å². The first-order chi connectivity index (χ1) is 14.6. The molecule has 1 aromatic heterocycles. The molecule has 32 heavy (non-hydrogen) atoms. The van der Waals surface area contributed by atoms with Gasteiger partial charge in [-0.1, -0.05) is 33.8 Å². The van der Waals surface area contributed by atoms with Crippen LogP contribution in [0.1, 0.15) is 59.0 Å². The van der Waals surface area contributed by atoms with E-state index in [0.717, 1.165) is 20.8 Å². The molecule has 0 saturated carbocycles. The Morgan fingerprint density at radius 1 is 1.22 bits per heavy atom. The highest BCUT2D eigenvalue weighted by molar-refractivity contribution is 7.18. The van der Waals surface area contributed by atoms with Gasteiger partial charge in [0, 0.05) is 19.7 Å². The van der Waals surface area contributed by atoms with Crippen LogP contribution in [-0.4, -0.2) is 43.2 Å². The van der Waals surface area contributed by atoms with Crippen molar-refractivity contribution in [3.05, 3.63) is 28.8 Å². The van der Waals surface area contributed by atoms with Gasteiger partial charge in [0.25, 0.3) is 0 Å². The molecule has 2 aromatic rings. The smallest absolute Gasteiger partial charge is 0.422 e. The Balaban J connectivity index is 2.11. The van der Waals surface area contributed by atoms with E-state index >= 15 is 0 Å². The number of amides is 1. The van der Waals surface area contributed by atoms with Crippen LogP contribution in [-0.2, 0) is 15.7 Å². The second-order valence-electron chi connectivity index (χ2n) is 11.2. The van der Waals surface area contributed by atoms with E-state index in [9.17, 15) is 4.79 Å². The molecule has 0 saturated heterocycles. The van der Waals surface area contributed by atoms with E-state index in [4.69, 9.17) is 9.16 Å². The molecule has 0 spiro atoms. The van der Waals surface area contributed by atoms with Crippen molar-refractivity contribution in [1.82, 2.24) is 15.4 Å². The Bertz CT molecular complexity index is 915. The number of nitrogens with zero attached hydrogens (tertiary/aromatic N) is 2. The van der Waals surface area contributed by atoms with Gasteiger partial charge >= 0.3 is 6.09 Å². The lowest BCUT2D eigenvalue weighted by Crippen LogP contribution is -2.47. The van der Waals surface area contributed by atoms with Crippen LogP contribution in [0.3, 0.4) is 0 Å². The molecule has 6 nitrogen and oxygen atoms in total. The molecule has 0 radical (unpaired) electrons. The zero-order chi connectivity index (χ0) is 24.3. The lowest BCUT2D eigenvalue weighted by Gasteiger charge is -2.37. The second-order valence-corrected chi connectivity index (χ2v) is 17.2. The van der Waals surface area contributed by atoms with Crippen LogP contribution in [0.25, 0.3) is 10.2 Å². The molecule has 8 heteroatoms. The standard InChI is InChI=1S/C24H41N3O3SSi/c1-17(16-29-32(9,10)24(6,7)8)14-27(26-22(28)30-23(3,4)5)15-19-11-12-20-21(13-19)31-18(2)25-20/h11-13,17H,14-16H2,1-10H3,(H,26,28)/t17-/m1/s1. The van der Waals surface area contributed by atoms with Gasteiger partial charge in [0.05, 0.1) is 15.2 Å². The number of thiazole rings is 1. The highest BCUT2D eigenvalue weighted by Gasteiger charge is 2.37. The fourth-order valence-electron chi connectivity index (χ4n) is 2.98. The van der Waals surface area contributed by atoms with Gasteiger partial charge in [-0.05, 0) is 69.4 Å². The molecule has 0 unspecified atom stereocenters. The predicted octanol–water partition coefficient (Wildman–Crippen LogP) is 6.50. The summed E-state index contributed by atoms with van der Waals surface area (Å²) in [6, 6.07) is 6.27. The number of rotatable bonds is 8. The van der Waals surface area contributed by atoms with Gasteiger partial charge in [0.2, 0.25) is 0 Å². The van der Waals surface area contributed by atoms with Crippen molar-refractivity contribution in [2.75, 3.05) is 13.2 Å². The number of carbonyl (C=O) groups excluding carboxylic acids is 1. The highest BCUT2D eigenvalue weighted by Crippen LogP contribution is 2.36. The minimum Gasteiger partial charge on any atom is -0.443 e. The van der Waals surface area contributed by atoms with Crippen LogP contribution in [0.15, 0.2) is 18.2 Å². The zero-order valence-corrected chi connectivity index (χ0v) is 23.3. The van der Waals surface area contributed by atoms with Crippen molar-refractivity contribution in [2.24, 2.45) is 5.92 Å². The molecule has 180 valence electrons. The predicted molar refractivity (Wildman–Crippen MR) is 136 cm³/mol. The topological polar surface area (TPSA) is 63.7 Å². The van der Waals surface area contributed by atoms with Crippen molar-refractivity contribution in [1.29, 1.82) is 0 Å². The first-order valence-electron chi connectivity index (χ1n) is 11.3. The van der Waals surface area contributed by atoms with E-state index in [-0.39, 0.29) is 11.0 Å². The average Bonchev–Trinajstić information content (AvgIpc) is 2.96. The van der Waals surface area contributed by atoms with Crippen LogP contribution in [0.5, 0.6) is 0 Å². The van der Waals surface area contributed by atoms with Crippen molar-refractivity contribution in [3.8, 4) is 0 Å². The van der Waals surface area contributed by atoms with Crippen molar-refractivity contribution >= 4 is 36.0 Å². The first kappa shape index (κ1) is 26.8. The summed E-state index contributed by atoms with van der Waals surface area (Å²) >= 11 is 1.69. The number of benzene rings is 1. The largest absolute Gasteiger partial charge is 0.443 e. The second kappa shape index (κ2) is 10.2. The van der Waals surface area contributed by atoms with E-state index in [0.29, 0.717) is 19.7 Å². The Morgan fingerprint density at radius 2 is 1.88 bits per heavy atom. The number of hydrogen-bond donors (Lipinski definition) is 1. The summed E-state index contributed by atoms with van der Waals surface area (Å²) in [6.45, 7) is 23.0. The summed E-state index contributed by atoms with van der Waals surface area (Å²) in [4.78, 5) is 17.0. The molecule has 1 amide bonds. The van der Waals surface area contributed by atoms with Crippen molar-refractivity contribution in [2.45, 2.75) is 85.7 Å². The number of fused-ring (bicyclic) bond motifs is 1. The number of hydrogen-bond acceptors (Lipinski definition) is 6. The van der Waals surface area contributed by atoms with Gasteiger partial charge in [-0.25, -0.2) is 14.8 Å². The Labute approximate surface area is 198 Å². The SMILES string of the molecule is Cc1nc2ccc(CN(C[C@@H](C)CO[Si](C)(C)C(C)(C)C)NC(=O)OC(C)(C)C)cc2s1. The number of aromatic nitrogens is 1. The maximum absolute atomic E-state index is 12.5. The molecule has 1 aromatic carbocycles. The number of aryl methyl sites for hydroxylation is 1. The lowest BCUT2D eigenvalue weighted by molar-refractivity contribution is 0.0273. The summed E-state index contributed by atoms with van der Waals surface area (Å²) in [7, 11) is -1.82. The third-order valence-electron chi connectivity index (χ3n) is 5.65. The van der Waals surface area contributed by atoms with Gasteiger partial charge in [0.15, 0.2) is 8.32 Å². The maximum Gasteiger partial charge on any atom is 0.422 e. The molecule has 1 heterocycles. The summed E-state index contributed by atoms with van der Waals surface area (Å²) in [5.74, 6) is 0.244. The van der Waals surface area contributed by atoms with Crippen LogP contribution in [0, 0.1) is 12.8 Å². The molecule has 0 aliphatic heterocycles. The quantitative estimate of drug-likeness (QED) is 0.346. The minimum absolute atomic E-state index is 0.170.